The molecule has 1 N–H and O–H groups in total. The number of nitrogens with zero attached hydrogens (tertiary/aromatic N) is 3. The molecule has 1 saturated heterocycles. The summed E-state index contributed by atoms with van der Waals surface area (Å²) in [5.74, 6) is 0.204. The van der Waals surface area contributed by atoms with Gasteiger partial charge >= 0.3 is 0 Å². The number of aryl methyl sites for hydroxylation is 1. The maximum atomic E-state index is 11.7. The molecule has 0 unspecified atom stereocenters. The number of likely N-dealkylation sites (tertiary alicyclic amines) is 1. The van der Waals surface area contributed by atoms with Crippen LogP contribution in [0.25, 0.3) is 0 Å². The molecule has 0 aliphatic carbocycles. The van der Waals surface area contributed by atoms with Gasteiger partial charge in [-0.15, -0.1) is 0 Å². The molecule has 104 valence electrons. The number of aromatic nitrogens is 2. The van der Waals surface area contributed by atoms with Crippen molar-refractivity contribution in [1.82, 2.24) is 14.7 Å². The van der Waals surface area contributed by atoms with Crippen molar-refractivity contribution >= 4 is 27.5 Å². The van der Waals surface area contributed by atoms with Crippen LogP contribution in [-0.4, -0.2) is 39.7 Å². The summed E-state index contributed by atoms with van der Waals surface area (Å²) in [6.07, 6.45) is 3.18. The molecular formula is C12H17BrN4O2. The molecule has 0 spiro atoms. The normalized spacial score (nSPS) is 16.8. The van der Waals surface area contributed by atoms with Gasteiger partial charge in [-0.2, -0.15) is 5.10 Å². The van der Waals surface area contributed by atoms with Gasteiger partial charge in [-0.05, 0) is 29.3 Å². The van der Waals surface area contributed by atoms with Gasteiger partial charge in [0, 0.05) is 32.6 Å². The molecule has 1 aromatic rings. The largest absolute Gasteiger partial charge is 0.378 e. The average molecular weight is 329 g/mol. The van der Waals surface area contributed by atoms with Gasteiger partial charge in [0.25, 0.3) is 5.56 Å². The Bertz CT molecular complexity index is 543. The highest BCUT2D eigenvalue weighted by Gasteiger charge is 2.22. The lowest BCUT2D eigenvalue weighted by Crippen LogP contribution is -2.36. The van der Waals surface area contributed by atoms with Crippen LogP contribution in [-0.2, 0) is 11.8 Å². The molecular weight excluding hydrogens is 312 g/mol. The Hall–Kier alpha value is -1.37. The zero-order valence-corrected chi connectivity index (χ0v) is 12.6. The topological polar surface area (TPSA) is 67.2 Å². The highest BCUT2D eigenvalue weighted by Crippen LogP contribution is 2.18. The monoisotopic (exact) mass is 328 g/mol. The summed E-state index contributed by atoms with van der Waals surface area (Å²) < 4.78 is 1.73. The SMILES string of the molecule is C[C@@H](CN1CCCC1=O)Nc1cnn(C)c(=O)c1Br. The van der Waals surface area contributed by atoms with E-state index in [1.165, 1.54) is 4.68 Å². The first-order chi connectivity index (χ1) is 8.99. The third-order valence-corrected chi connectivity index (χ3v) is 3.91. The summed E-state index contributed by atoms with van der Waals surface area (Å²) in [6.45, 7) is 3.44. The number of hydrogen-bond donors (Lipinski definition) is 1. The fraction of sp³-hybridized carbons (Fsp3) is 0.583. The van der Waals surface area contributed by atoms with Crippen molar-refractivity contribution in [1.29, 1.82) is 0 Å². The van der Waals surface area contributed by atoms with Crippen LogP contribution in [0.5, 0.6) is 0 Å². The second-order valence-electron chi connectivity index (χ2n) is 4.79. The summed E-state index contributed by atoms with van der Waals surface area (Å²) in [4.78, 5) is 25.1. The van der Waals surface area contributed by atoms with Crippen LogP contribution in [0.1, 0.15) is 19.8 Å². The van der Waals surface area contributed by atoms with Gasteiger partial charge in [0.1, 0.15) is 4.47 Å². The average Bonchev–Trinajstić information content (AvgIpc) is 2.76. The van der Waals surface area contributed by atoms with Gasteiger partial charge in [0.2, 0.25) is 5.91 Å². The minimum Gasteiger partial charge on any atom is -0.378 e. The van der Waals surface area contributed by atoms with Crippen molar-refractivity contribution in [2.75, 3.05) is 18.4 Å². The lowest BCUT2D eigenvalue weighted by atomic mass is 10.3. The van der Waals surface area contributed by atoms with Crippen molar-refractivity contribution in [2.24, 2.45) is 7.05 Å². The van der Waals surface area contributed by atoms with Crippen LogP contribution >= 0.6 is 15.9 Å². The minimum absolute atomic E-state index is 0.0623. The number of carbonyl (C=O) groups is 1. The summed E-state index contributed by atoms with van der Waals surface area (Å²) in [6, 6.07) is 0.0623. The second kappa shape index (κ2) is 5.73. The van der Waals surface area contributed by atoms with Crippen LogP contribution in [0, 0.1) is 0 Å². The Morgan fingerprint density at radius 1 is 1.53 bits per heavy atom. The fourth-order valence-electron chi connectivity index (χ4n) is 2.15. The zero-order valence-electron chi connectivity index (χ0n) is 11.0. The Kier molecular flexibility index (Phi) is 4.24. The molecule has 0 radical (unpaired) electrons. The Balaban J connectivity index is 2.03. The van der Waals surface area contributed by atoms with E-state index in [9.17, 15) is 9.59 Å². The molecule has 1 amide bonds. The van der Waals surface area contributed by atoms with Crippen LogP contribution in [0.15, 0.2) is 15.5 Å². The van der Waals surface area contributed by atoms with Crippen LogP contribution in [0.3, 0.4) is 0 Å². The fourth-order valence-corrected chi connectivity index (χ4v) is 2.62. The predicted molar refractivity (Wildman–Crippen MR) is 76.1 cm³/mol. The lowest BCUT2D eigenvalue weighted by molar-refractivity contribution is -0.127. The zero-order chi connectivity index (χ0) is 14.0. The number of rotatable bonds is 4. The molecule has 1 atom stereocenters. The first-order valence-corrected chi connectivity index (χ1v) is 7.04. The van der Waals surface area contributed by atoms with Crippen molar-refractivity contribution < 1.29 is 4.79 Å². The van der Waals surface area contributed by atoms with Gasteiger partial charge in [-0.25, -0.2) is 4.68 Å². The van der Waals surface area contributed by atoms with Gasteiger partial charge in [0.05, 0.1) is 11.9 Å². The number of amides is 1. The number of carbonyl (C=O) groups excluding carboxylic acids is 1. The van der Waals surface area contributed by atoms with E-state index in [-0.39, 0.29) is 17.5 Å². The smallest absolute Gasteiger partial charge is 0.282 e. The molecule has 1 aromatic heterocycles. The van der Waals surface area contributed by atoms with E-state index in [0.29, 0.717) is 23.1 Å². The summed E-state index contributed by atoms with van der Waals surface area (Å²) in [7, 11) is 1.60. The molecule has 0 saturated carbocycles. The minimum atomic E-state index is -0.186. The molecule has 7 heteroatoms. The van der Waals surface area contributed by atoms with E-state index in [1.807, 2.05) is 11.8 Å². The Morgan fingerprint density at radius 2 is 2.26 bits per heavy atom. The van der Waals surface area contributed by atoms with Crippen LogP contribution < -0.4 is 10.9 Å². The Morgan fingerprint density at radius 3 is 2.89 bits per heavy atom. The first kappa shape index (κ1) is 14.0. The summed E-state index contributed by atoms with van der Waals surface area (Å²) in [5.41, 5.74) is 0.469. The van der Waals surface area contributed by atoms with Crippen LogP contribution in [0.2, 0.25) is 0 Å². The second-order valence-corrected chi connectivity index (χ2v) is 5.58. The maximum absolute atomic E-state index is 11.7. The van der Waals surface area contributed by atoms with Crippen molar-refractivity contribution in [2.45, 2.75) is 25.8 Å². The van der Waals surface area contributed by atoms with E-state index < -0.39 is 0 Å². The first-order valence-electron chi connectivity index (χ1n) is 6.25. The molecule has 19 heavy (non-hydrogen) atoms. The van der Waals surface area contributed by atoms with E-state index in [2.05, 4.69) is 26.3 Å². The van der Waals surface area contributed by atoms with Gasteiger partial charge < -0.3 is 10.2 Å². The third kappa shape index (κ3) is 3.15. The van der Waals surface area contributed by atoms with E-state index >= 15 is 0 Å². The highest BCUT2D eigenvalue weighted by molar-refractivity contribution is 9.10. The molecule has 2 rings (SSSR count). The molecule has 0 aromatic carbocycles. The van der Waals surface area contributed by atoms with Crippen molar-refractivity contribution in [3.8, 4) is 0 Å². The summed E-state index contributed by atoms with van der Waals surface area (Å²) in [5, 5.41) is 7.18. The number of nitrogens with one attached hydrogen (secondary N) is 1. The number of halogens is 1. The molecule has 2 heterocycles. The van der Waals surface area contributed by atoms with Gasteiger partial charge in [-0.3, -0.25) is 9.59 Å². The predicted octanol–water partition coefficient (Wildman–Crippen LogP) is 0.966. The molecule has 0 bridgehead atoms. The third-order valence-electron chi connectivity index (χ3n) is 3.15. The van der Waals surface area contributed by atoms with E-state index in [1.54, 1.807) is 13.2 Å². The Labute approximate surface area is 119 Å². The number of anilines is 1. The quantitative estimate of drug-likeness (QED) is 0.894. The summed E-state index contributed by atoms with van der Waals surface area (Å²) >= 11 is 3.27. The van der Waals surface area contributed by atoms with Gasteiger partial charge in [0.15, 0.2) is 0 Å². The highest BCUT2D eigenvalue weighted by atomic mass is 79.9. The number of hydrogen-bond acceptors (Lipinski definition) is 4. The van der Waals surface area contributed by atoms with Crippen LogP contribution in [0.4, 0.5) is 5.69 Å². The van der Waals surface area contributed by atoms with Gasteiger partial charge in [-0.1, -0.05) is 0 Å². The van der Waals surface area contributed by atoms with Crippen molar-refractivity contribution in [3.63, 3.8) is 0 Å². The molecule has 1 aliphatic rings. The standard InChI is InChI=1S/C12H17BrN4O2/c1-8(7-17-5-3-4-10(17)18)15-9-6-14-16(2)12(19)11(9)13/h6,8,15H,3-5,7H2,1-2H3/t8-/m0/s1. The molecule has 1 fully saturated rings. The van der Waals surface area contributed by atoms with E-state index in [4.69, 9.17) is 0 Å². The lowest BCUT2D eigenvalue weighted by Gasteiger charge is -2.22. The molecule has 1 aliphatic heterocycles. The maximum Gasteiger partial charge on any atom is 0.282 e. The van der Waals surface area contributed by atoms with E-state index in [0.717, 1.165) is 13.0 Å². The molecule has 6 nitrogen and oxygen atoms in total. The van der Waals surface area contributed by atoms with Crippen molar-refractivity contribution in [3.05, 3.63) is 21.0 Å².